The molecule has 1 rings (SSSR count). The largest absolute Gasteiger partial charge is 0.126 e. The lowest BCUT2D eigenvalue weighted by atomic mass is 10.2. The van der Waals surface area contributed by atoms with Gasteiger partial charge in [0.25, 0.3) is 0 Å². The van der Waals surface area contributed by atoms with Crippen LogP contribution in [0.4, 0.5) is 0 Å². The highest BCUT2D eigenvalue weighted by molar-refractivity contribution is 7.99. The Morgan fingerprint density at radius 1 is 1.43 bits per heavy atom. The maximum Gasteiger partial charge on any atom is 0.0352 e. The molecule has 0 radical (unpaired) electrons. The van der Waals surface area contributed by atoms with Gasteiger partial charge < -0.3 is 0 Å². The Hall–Kier alpha value is -1.12. The Labute approximate surface area is 88.1 Å². The van der Waals surface area contributed by atoms with Crippen LogP contribution in [0.3, 0.4) is 0 Å². The smallest absolute Gasteiger partial charge is 0.0352 e. The summed E-state index contributed by atoms with van der Waals surface area (Å²) < 4.78 is 0. The van der Waals surface area contributed by atoms with E-state index in [1.165, 1.54) is 16.0 Å². The van der Waals surface area contributed by atoms with Crippen LogP contribution in [0.1, 0.15) is 11.1 Å². The average Bonchev–Trinajstić information content (AvgIpc) is 2.15. The Bertz CT molecular complexity index is 356. The molecule has 0 amide bonds. The van der Waals surface area contributed by atoms with Gasteiger partial charge in [-0.1, -0.05) is 22.8 Å². The van der Waals surface area contributed by atoms with Crippen LogP contribution < -0.4 is 0 Å². The lowest BCUT2D eigenvalue weighted by molar-refractivity contribution is 1.12. The van der Waals surface area contributed by atoms with E-state index >= 15 is 0 Å². The predicted molar refractivity (Wildman–Crippen MR) is 60.7 cm³/mol. The molecule has 0 saturated heterocycles. The second-order valence-corrected chi connectivity index (χ2v) is 4.21. The lowest BCUT2D eigenvalue weighted by Crippen LogP contribution is -1.86. The van der Waals surface area contributed by atoms with Crippen molar-refractivity contribution in [2.75, 3.05) is 12.3 Å². The molecule has 0 atom stereocenters. The van der Waals surface area contributed by atoms with Crippen molar-refractivity contribution in [1.29, 1.82) is 0 Å². The molecule has 3 nitrogen and oxygen atoms in total. The van der Waals surface area contributed by atoms with Gasteiger partial charge in [-0.05, 0) is 31.0 Å². The van der Waals surface area contributed by atoms with E-state index in [1.54, 1.807) is 11.8 Å². The van der Waals surface area contributed by atoms with E-state index in [1.807, 2.05) is 0 Å². The average molecular weight is 207 g/mol. The molecule has 14 heavy (non-hydrogen) atoms. The van der Waals surface area contributed by atoms with Gasteiger partial charge in [0.1, 0.15) is 0 Å². The fourth-order valence-corrected chi connectivity index (χ4v) is 2.05. The summed E-state index contributed by atoms with van der Waals surface area (Å²) >= 11 is 1.73. The van der Waals surface area contributed by atoms with Crippen LogP contribution in [-0.2, 0) is 0 Å². The molecule has 0 aliphatic carbocycles. The first kappa shape index (κ1) is 11.0. The third-order valence-electron chi connectivity index (χ3n) is 1.84. The summed E-state index contributed by atoms with van der Waals surface area (Å²) in [5.74, 6) is 0.841. The molecule has 0 aliphatic heterocycles. The summed E-state index contributed by atoms with van der Waals surface area (Å²) in [6, 6.07) is 6.38. The van der Waals surface area contributed by atoms with Crippen LogP contribution in [0, 0.1) is 13.8 Å². The second kappa shape index (κ2) is 5.58. The maximum atomic E-state index is 8.10. The molecule has 1 aromatic rings. The van der Waals surface area contributed by atoms with E-state index in [4.69, 9.17) is 5.53 Å². The van der Waals surface area contributed by atoms with Crippen LogP contribution in [0.25, 0.3) is 10.4 Å². The Kier molecular flexibility index (Phi) is 4.36. The first-order valence-corrected chi connectivity index (χ1v) is 5.43. The highest BCUT2D eigenvalue weighted by atomic mass is 32.2. The number of nitrogens with zero attached hydrogens (tertiary/aromatic N) is 3. The summed E-state index contributed by atoms with van der Waals surface area (Å²) in [6.45, 7) is 4.73. The summed E-state index contributed by atoms with van der Waals surface area (Å²) in [7, 11) is 0. The molecule has 74 valence electrons. The fraction of sp³-hybridized carbons (Fsp3) is 0.400. The summed E-state index contributed by atoms with van der Waals surface area (Å²) in [5.41, 5.74) is 10.7. The predicted octanol–water partition coefficient (Wildman–Crippen LogP) is 3.71. The highest BCUT2D eigenvalue weighted by Crippen LogP contribution is 2.22. The molecule has 0 bridgehead atoms. The minimum Gasteiger partial charge on any atom is -0.126 e. The normalized spacial score (nSPS) is 9.57. The van der Waals surface area contributed by atoms with Crippen LogP contribution in [0.2, 0.25) is 0 Å². The van der Waals surface area contributed by atoms with Crippen molar-refractivity contribution in [3.63, 3.8) is 0 Å². The van der Waals surface area contributed by atoms with Crippen molar-refractivity contribution >= 4 is 11.8 Å². The van der Waals surface area contributed by atoms with E-state index in [9.17, 15) is 0 Å². The molecular formula is C10H13N3S. The molecular weight excluding hydrogens is 194 g/mol. The van der Waals surface area contributed by atoms with Gasteiger partial charge >= 0.3 is 0 Å². The molecule has 0 heterocycles. The second-order valence-electron chi connectivity index (χ2n) is 3.07. The molecule has 0 aliphatic rings. The van der Waals surface area contributed by atoms with Gasteiger partial charge in [0.2, 0.25) is 0 Å². The zero-order valence-corrected chi connectivity index (χ0v) is 9.21. The Morgan fingerprint density at radius 2 is 2.21 bits per heavy atom. The van der Waals surface area contributed by atoms with Crippen molar-refractivity contribution in [3.05, 3.63) is 39.8 Å². The van der Waals surface area contributed by atoms with Gasteiger partial charge in [-0.2, -0.15) is 0 Å². The SMILES string of the molecule is Cc1ccc(SCCN=[N+]=[N-])c(C)c1. The van der Waals surface area contributed by atoms with Crippen LogP contribution >= 0.6 is 11.8 Å². The minimum absolute atomic E-state index is 0.550. The minimum atomic E-state index is 0.550. The number of aryl methyl sites for hydroxylation is 2. The van der Waals surface area contributed by atoms with Crippen molar-refractivity contribution in [2.24, 2.45) is 5.11 Å². The summed E-state index contributed by atoms with van der Waals surface area (Å²) in [5, 5.41) is 3.49. The standard InChI is InChI=1S/C10H13N3S/c1-8-3-4-10(9(2)7-8)14-6-5-12-13-11/h3-4,7H,5-6H2,1-2H3. The number of benzene rings is 1. The number of hydrogen-bond donors (Lipinski definition) is 0. The lowest BCUT2D eigenvalue weighted by Gasteiger charge is -2.04. The van der Waals surface area contributed by atoms with Gasteiger partial charge in [0, 0.05) is 22.1 Å². The first-order chi connectivity index (χ1) is 6.74. The van der Waals surface area contributed by atoms with Crippen molar-refractivity contribution in [1.82, 2.24) is 0 Å². The molecule has 0 saturated carbocycles. The van der Waals surface area contributed by atoms with Crippen molar-refractivity contribution in [2.45, 2.75) is 18.7 Å². The zero-order chi connectivity index (χ0) is 10.4. The molecule has 0 aromatic heterocycles. The molecule has 4 heteroatoms. The van der Waals surface area contributed by atoms with Gasteiger partial charge in [-0.25, -0.2) is 0 Å². The Morgan fingerprint density at radius 3 is 2.86 bits per heavy atom. The number of rotatable bonds is 4. The van der Waals surface area contributed by atoms with Crippen molar-refractivity contribution < 1.29 is 0 Å². The van der Waals surface area contributed by atoms with E-state index in [0.29, 0.717) is 6.54 Å². The Balaban J connectivity index is 2.54. The van der Waals surface area contributed by atoms with Crippen LogP contribution in [0.15, 0.2) is 28.2 Å². The molecule has 0 unspecified atom stereocenters. The van der Waals surface area contributed by atoms with E-state index in [2.05, 4.69) is 42.1 Å². The molecule has 0 N–H and O–H groups in total. The van der Waals surface area contributed by atoms with E-state index in [-0.39, 0.29) is 0 Å². The number of azide groups is 1. The van der Waals surface area contributed by atoms with Gasteiger partial charge in [-0.3, -0.25) is 0 Å². The highest BCUT2D eigenvalue weighted by Gasteiger charge is 1.97. The topological polar surface area (TPSA) is 48.8 Å². The summed E-state index contributed by atoms with van der Waals surface area (Å²) in [4.78, 5) is 3.98. The third kappa shape index (κ3) is 3.32. The zero-order valence-electron chi connectivity index (χ0n) is 8.40. The van der Waals surface area contributed by atoms with Crippen LogP contribution in [-0.4, -0.2) is 12.3 Å². The monoisotopic (exact) mass is 207 g/mol. The van der Waals surface area contributed by atoms with Gasteiger partial charge in [-0.15, -0.1) is 11.8 Å². The third-order valence-corrected chi connectivity index (χ3v) is 3.00. The number of thioether (sulfide) groups is 1. The van der Waals surface area contributed by atoms with Gasteiger partial charge in [0.05, 0.1) is 0 Å². The fourth-order valence-electron chi connectivity index (χ4n) is 1.20. The van der Waals surface area contributed by atoms with Crippen molar-refractivity contribution in [3.8, 4) is 0 Å². The number of hydrogen-bond acceptors (Lipinski definition) is 2. The van der Waals surface area contributed by atoms with E-state index in [0.717, 1.165) is 5.75 Å². The maximum absolute atomic E-state index is 8.10. The molecule has 1 aromatic carbocycles. The first-order valence-electron chi connectivity index (χ1n) is 4.45. The van der Waals surface area contributed by atoms with Gasteiger partial charge in [0.15, 0.2) is 0 Å². The quantitative estimate of drug-likeness (QED) is 0.244. The summed E-state index contributed by atoms with van der Waals surface area (Å²) in [6.07, 6.45) is 0. The molecule has 0 fully saturated rings. The van der Waals surface area contributed by atoms with E-state index < -0.39 is 0 Å². The van der Waals surface area contributed by atoms with Crippen LogP contribution in [0.5, 0.6) is 0 Å². The molecule has 0 spiro atoms.